The average molecular weight is 356 g/mol. The Hall–Kier alpha value is -1.04. The predicted molar refractivity (Wildman–Crippen MR) is 86.9 cm³/mol. The van der Waals surface area contributed by atoms with E-state index in [1.165, 1.54) is 4.88 Å². The molecule has 2 aromatic rings. The number of ether oxygens (including phenoxy) is 2. The van der Waals surface area contributed by atoms with E-state index in [1.54, 1.807) is 25.6 Å². The van der Waals surface area contributed by atoms with Crippen molar-refractivity contribution in [1.82, 2.24) is 0 Å². The van der Waals surface area contributed by atoms with Gasteiger partial charge in [-0.05, 0) is 57.9 Å². The second-order valence-corrected chi connectivity index (χ2v) is 6.40. The van der Waals surface area contributed by atoms with Crippen molar-refractivity contribution in [3.05, 3.63) is 44.6 Å². The molecule has 0 spiro atoms. The van der Waals surface area contributed by atoms with Crippen LogP contribution < -0.4 is 15.2 Å². The predicted octanol–water partition coefficient (Wildman–Crippen LogP) is 3.64. The van der Waals surface area contributed by atoms with E-state index in [1.807, 2.05) is 18.2 Å². The fraction of sp³-hybridized carbons (Fsp3) is 0.333. The van der Waals surface area contributed by atoms with Gasteiger partial charge >= 0.3 is 0 Å². The van der Waals surface area contributed by atoms with Gasteiger partial charge in [0.1, 0.15) is 0 Å². The fourth-order valence-electron chi connectivity index (χ4n) is 2.09. The maximum Gasteiger partial charge on any atom is 0.160 e. The summed E-state index contributed by atoms with van der Waals surface area (Å²) >= 11 is 5.27. The number of methoxy groups -OCH3 is 2. The first-order chi connectivity index (χ1) is 9.63. The minimum absolute atomic E-state index is 0.0862. The smallest absolute Gasteiger partial charge is 0.160 e. The quantitative estimate of drug-likeness (QED) is 0.860. The highest BCUT2D eigenvalue weighted by Gasteiger charge is 2.11. The monoisotopic (exact) mass is 355 g/mol. The van der Waals surface area contributed by atoms with Crippen molar-refractivity contribution >= 4 is 27.3 Å². The van der Waals surface area contributed by atoms with Crippen molar-refractivity contribution in [1.29, 1.82) is 0 Å². The van der Waals surface area contributed by atoms with Crippen molar-refractivity contribution in [3.63, 3.8) is 0 Å². The van der Waals surface area contributed by atoms with E-state index >= 15 is 0 Å². The molecule has 5 heteroatoms. The Labute approximate surface area is 131 Å². The zero-order valence-corrected chi connectivity index (χ0v) is 14.0. The van der Waals surface area contributed by atoms with Crippen molar-refractivity contribution in [2.24, 2.45) is 5.73 Å². The topological polar surface area (TPSA) is 44.5 Å². The number of nitrogens with two attached hydrogens (primary N) is 1. The highest BCUT2D eigenvalue weighted by Crippen LogP contribution is 2.29. The molecular weight excluding hydrogens is 338 g/mol. The largest absolute Gasteiger partial charge is 0.493 e. The minimum atomic E-state index is 0.0862. The van der Waals surface area contributed by atoms with Gasteiger partial charge in [-0.2, -0.15) is 0 Å². The molecule has 2 N–H and O–H groups in total. The first kappa shape index (κ1) is 15.4. The van der Waals surface area contributed by atoms with E-state index in [-0.39, 0.29) is 6.04 Å². The summed E-state index contributed by atoms with van der Waals surface area (Å²) in [6, 6.07) is 8.08. The third-order valence-corrected chi connectivity index (χ3v) is 5.03. The Morgan fingerprint density at radius 3 is 2.50 bits per heavy atom. The van der Waals surface area contributed by atoms with Gasteiger partial charge in [0.2, 0.25) is 0 Å². The third kappa shape index (κ3) is 3.75. The normalized spacial score (nSPS) is 12.2. The molecule has 1 unspecified atom stereocenters. The molecule has 0 aliphatic carbocycles. The van der Waals surface area contributed by atoms with Crippen LogP contribution in [0.3, 0.4) is 0 Å². The van der Waals surface area contributed by atoms with Crippen molar-refractivity contribution < 1.29 is 9.47 Å². The van der Waals surface area contributed by atoms with Crippen molar-refractivity contribution in [2.45, 2.75) is 18.9 Å². The Balaban J connectivity index is 2.04. The second kappa shape index (κ2) is 7.11. The molecule has 1 atom stereocenters. The van der Waals surface area contributed by atoms with E-state index in [0.29, 0.717) is 0 Å². The van der Waals surface area contributed by atoms with E-state index in [9.17, 15) is 0 Å². The summed E-state index contributed by atoms with van der Waals surface area (Å²) < 4.78 is 11.7. The van der Waals surface area contributed by atoms with Gasteiger partial charge in [-0.15, -0.1) is 11.3 Å². The van der Waals surface area contributed by atoms with Gasteiger partial charge in [-0.3, -0.25) is 0 Å². The lowest BCUT2D eigenvalue weighted by molar-refractivity contribution is 0.354. The van der Waals surface area contributed by atoms with E-state index in [4.69, 9.17) is 15.2 Å². The molecule has 1 heterocycles. The highest BCUT2D eigenvalue weighted by molar-refractivity contribution is 9.10. The molecule has 3 nitrogen and oxygen atoms in total. The zero-order valence-electron chi connectivity index (χ0n) is 11.6. The van der Waals surface area contributed by atoms with Crippen LogP contribution in [0.15, 0.2) is 34.1 Å². The summed E-state index contributed by atoms with van der Waals surface area (Å²) in [5, 5.41) is 2.07. The number of benzene rings is 1. The average Bonchev–Trinajstić information content (AvgIpc) is 2.84. The van der Waals surface area contributed by atoms with E-state index in [2.05, 4.69) is 27.4 Å². The van der Waals surface area contributed by atoms with Gasteiger partial charge in [0.25, 0.3) is 0 Å². The summed E-state index contributed by atoms with van der Waals surface area (Å²) in [7, 11) is 3.28. The molecule has 2 rings (SSSR count). The maximum atomic E-state index is 6.24. The summed E-state index contributed by atoms with van der Waals surface area (Å²) in [5.41, 5.74) is 7.40. The Kier molecular flexibility index (Phi) is 5.46. The lowest BCUT2D eigenvalue weighted by Crippen LogP contribution is -2.25. The van der Waals surface area contributed by atoms with E-state index < -0.39 is 0 Å². The minimum Gasteiger partial charge on any atom is -0.493 e. The summed E-state index contributed by atoms with van der Waals surface area (Å²) in [6.07, 6.45) is 1.68. The van der Waals surface area contributed by atoms with E-state index in [0.717, 1.165) is 34.4 Å². The summed E-state index contributed by atoms with van der Waals surface area (Å²) in [4.78, 5) is 1.29. The van der Waals surface area contributed by atoms with Gasteiger partial charge in [-0.25, -0.2) is 0 Å². The highest BCUT2D eigenvalue weighted by atomic mass is 79.9. The van der Waals surface area contributed by atoms with Gasteiger partial charge < -0.3 is 15.2 Å². The molecule has 0 bridgehead atoms. The van der Waals surface area contributed by atoms with Crippen LogP contribution in [0.1, 0.15) is 10.4 Å². The molecule has 0 aliphatic rings. The molecule has 20 heavy (non-hydrogen) atoms. The maximum absolute atomic E-state index is 6.24. The molecule has 0 aliphatic heterocycles. The van der Waals surface area contributed by atoms with Crippen LogP contribution in [0.2, 0.25) is 0 Å². The molecule has 0 saturated carbocycles. The molecule has 0 saturated heterocycles. The zero-order chi connectivity index (χ0) is 14.5. The summed E-state index contributed by atoms with van der Waals surface area (Å²) in [6.45, 7) is 0. The van der Waals surface area contributed by atoms with Crippen LogP contribution in [0.25, 0.3) is 0 Å². The van der Waals surface area contributed by atoms with Crippen LogP contribution in [-0.2, 0) is 12.8 Å². The molecule has 0 radical (unpaired) electrons. The SMILES string of the molecule is COc1ccc(CC(N)Cc2sccc2Br)cc1OC. The Morgan fingerprint density at radius 1 is 1.15 bits per heavy atom. The van der Waals surface area contributed by atoms with Gasteiger partial charge in [0.05, 0.1) is 14.2 Å². The van der Waals surface area contributed by atoms with Crippen molar-refractivity contribution in [3.8, 4) is 11.5 Å². The molecule has 1 aromatic carbocycles. The van der Waals surface area contributed by atoms with Crippen LogP contribution in [0.4, 0.5) is 0 Å². The lowest BCUT2D eigenvalue weighted by atomic mass is 10.0. The number of rotatable bonds is 6. The first-order valence-electron chi connectivity index (χ1n) is 6.32. The first-order valence-corrected chi connectivity index (χ1v) is 7.99. The third-order valence-electron chi connectivity index (χ3n) is 3.08. The number of thiophene rings is 1. The fourth-order valence-corrected chi connectivity index (χ4v) is 3.70. The number of halogens is 1. The molecule has 0 fully saturated rings. The van der Waals surface area contributed by atoms with Crippen LogP contribution >= 0.6 is 27.3 Å². The molecule has 108 valence electrons. The standard InChI is InChI=1S/C15H18BrNO2S/c1-18-13-4-3-10(8-14(13)19-2)7-11(17)9-15-12(16)5-6-20-15/h3-6,8,11H,7,9,17H2,1-2H3. The Morgan fingerprint density at radius 2 is 1.90 bits per heavy atom. The lowest BCUT2D eigenvalue weighted by Gasteiger charge is -2.13. The van der Waals surface area contributed by atoms with Crippen LogP contribution in [0.5, 0.6) is 11.5 Å². The molecular formula is C15H18BrNO2S. The number of hydrogen-bond donors (Lipinski definition) is 1. The molecule has 1 aromatic heterocycles. The van der Waals surface area contributed by atoms with Gasteiger partial charge in [0, 0.05) is 15.4 Å². The second-order valence-electron chi connectivity index (χ2n) is 4.55. The molecule has 0 amide bonds. The van der Waals surface area contributed by atoms with Gasteiger partial charge in [-0.1, -0.05) is 6.07 Å². The number of hydrogen-bond acceptors (Lipinski definition) is 4. The van der Waals surface area contributed by atoms with Gasteiger partial charge in [0.15, 0.2) is 11.5 Å². The Bertz CT molecular complexity index is 571. The van der Waals surface area contributed by atoms with Crippen molar-refractivity contribution in [2.75, 3.05) is 14.2 Å². The van der Waals surface area contributed by atoms with Crippen LogP contribution in [0, 0.1) is 0 Å². The van der Waals surface area contributed by atoms with Crippen LogP contribution in [-0.4, -0.2) is 20.3 Å². The summed E-state index contributed by atoms with van der Waals surface area (Å²) in [5.74, 6) is 1.49.